The second kappa shape index (κ2) is 27.1. The summed E-state index contributed by atoms with van der Waals surface area (Å²) in [6, 6.07) is 25.0. The van der Waals surface area contributed by atoms with E-state index < -0.39 is 35.4 Å². The summed E-state index contributed by atoms with van der Waals surface area (Å²) >= 11 is 26.3. The van der Waals surface area contributed by atoms with Crippen molar-refractivity contribution in [2.24, 2.45) is 0 Å². The number of hydrogen-bond acceptors (Lipinski definition) is 9. The topological polar surface area (TPSA) is 206 Å². The Kier molecular flexibility index (Phi) is 21.7. The van der Waals surface area contributed by atoms with Crippen LogP contribution in [0.4, 0.5) is 0 Å². The van der Waals surface area contributed by atoms with E-state index in [1.807, 2.05) is 60.7 Å². The molecule has 342 valence electrons. The second-order valence-electron chi connectivity index (χ2n) is 14.1. The Bertz CT molecular complexity index is 2860. The number of pyridine rings is 2. The van der Waals surface area contributed by atoms with Crippen LogP contribution in [0.15, 0.2) is 109 Å². The van der Waals surface area contributed by atoms with E-state index in [1.54, 1.807) is 17.0 Å². The highest BCUT2D eigenvalue weighted by Gasteiger charge is 2.29. The molecular weight excluding hydrogens is 980 g/mol. The van der Waals surface area contributed by atoms with E-state index in [0.29, 0.717) is 58.2 Å². The number of H-pyrrole nitrogens is 2. The van der Waals surface area contributed by atoms with Gasteiger partial charge in [0.2, 0.25) is 0 Å². The number of carbonyl (C=O) groups is 4. The molecule has 1 unspecified atom stereocenters. The zero-order chi connectivity index (χ0) is 49.0. The number of benzene rings is 2. The normalized spacial score (nSPS) is 13.1. The molecule has 2 saturated heterocycles. The number of aromatic nitrogens is 4. The van der Waals surface area contributed by atoms with Gasteiger partial charge in [-0.15, -0.1) is 4.57 Å². The Morgan fingerprint density at radius 1 is 0.791 bits per heavy atom. The van der Waals surface area contributed by atoms with Crippen LogP contribution in [0.1, 0.15) is 57.5 Å². The van der Waals surface area contributed by atoms with E-state index >= 15 is 0 Å². The first kappa shape index (κ1) is 53.7. The van der Waals surface area contributed by atoms with Crippen LogP contribution in [0.5, 0.6) is 0 Å². The lowest BCUT2D eigenvalue weighted by molar-refractivity contribution is -0.131. The molecular formula is C46H40BCl5N8O6P+. The number of piperidine rings is 2. The molecule has 67 heavy (non-hydrogen) atoms. The van der Waals surface area contributed by atoms with E-state index in [4.69, 9.17) is 69.7 Å². The van der Waals surface area contributed by atoms with Crippen LogP contribution < -0.4 is 5.32 Å². The SMILES string of the molecule is ClC(Cl)Cl.N#CC(=C1CCNCC1)c1ccccc1.O=C(O)C(=O)c1c[nH]c2c(Cl)ccnc12.[B][P+](C)=O.[C-]#[N+]C(=C1CCN(C(=O)C(=O)c2c[nH]c3c(Cl)ccnc23)CC1)c1ccccc1. The number of allylic oxidation sites excluding steroid dienone is 1. The van der Waals surface area contributed by atoms with Crippen LogP contribution in [-0.2, 0) is 14.2 Å². The van der Waals surface area contributed by atoms with Crippen molar-refractivity contribution in [2.75, 3.05) is 32.8 Å². The minimum absolute atomic E-state index is 0.0139. The number of amides is 1. The quantitative estimate of drug-likeness (QED) is 0.0236. The highest BCUT2D eigenvalue weighted by molar-refractivity contribution is 7.71. The van der Waals surface area contributed by atoms with Gasteiger partial charge in [-0.25, -0.2) is 9.64 Å². The molecule has 4 N–H and O–H groups in total. The van der Waals surface area contributed by atoms with Gasteiger partial charge >= 0.3 is 13.5 Å². The summed E-state index contributed by atoms with van der Waals surface area (Å²) in [5, 5.41) is 21.9. The first-order chi connectivity index (χ1) is 32.1. The second-order valence-corrected chi connectivity index (χ2v) is 18.0. The molecule has 2 fully saturated rings. The van der Waals surface area contributed by atoms with Gasteiger partial charge in [0.05, 0.1) is 50.4 Å². The van der Waals surface area contributed by atoms with Gasteiger partial charge in [0.15, 0.2) is 9.99 Å². The van der Waals surface area contributed by atoms with Crippen LogP contribution >= 0.6 is 65.7 Å². The van der Waals surface area contributed by atoms with E-state index in [9.17, 15) is 29.0 Å². The summed E-state index contributed by atoms with van der Waals surface area (Å²) in [5.74, 6) is -3.68. The lowest BCUT2D eigenvalue weighted by atomic mass is 9.95. The highest BCUT2D eigenvalue weighted by atomic mass is 35.6. The molecule has 2 aliphatic heterocycles. The number of carboxylic acids is 1. The maximum atomic E-state index is 12.8. The molecule has 0 spiro atoms. The maximum Gasteiger partial charge on any atom is 0.502 e. The molecule has 2 aromatic carbocycles. The molecule has 0 aliphatic carbocycles. The number of nitriles is 1. The third-order valence-electron chi connectivity index (χ3n) is 9.79. The van der Waals surface area contributed by atoms with Crippen molar-refractivity contribution in [1.82, 2.24) is 30.2 Å². The number of nitrogens with zero attached hydrogens (tertiary/aromatic N) is 5. The molecule has 2 aliphatic rings. The van der Waals surface area contributed by atoms with E-state index in [-0.39, 0.29) is 16.6 Å². The minimum atomic E-state index is -1.52. The first-order valence-electron chi connectivity index (χ1n) is 20.0. The molecule has 8 rings (SSSR count). The Morgan fingerprint density at radius 2 is 1.24 bits per heavy atom. The Hall–Kier alpha value is -5.87. The number of carbonyl (C=O) groups excluding carboxylic acids is 3. The molecule has 21 heteroatoms. The molecule has 1 amide bonds. The monoisotopic (exact) mass is 1020 g/mol. The fraction of sp³-hybridized carbons (Fsp3) is 0.217. The number of aromatic amines is 2. The summed E-state index contributed by atoms with van der Waals surface area (Å²) < 4.78 is 8.62. The lowest BCUT2D eigenvalue weighted by Crippen LogP contribution is -2.40. The van der Waals surface area contributed by atoms with Crippen molar-refractivity contribution in [3.05, 3.63) is 152 Å². The molecule has 4 aromatic heterocycles. The number of rotatable bonds is 6. The van der Waals surface area contributed by atoms with E-state index in [2.05, 4.69) is 43.7 Å². The standard InChI is InChI=1S/C22H17ClN4O2.C13H14N2.C9H5ClN2O3.CH3BOP.CHCl3/c1-24-18(14-5-3-2-4-6-14)15-8-11-27(12-9-15)22(29)21(28)16-13-26-20-17(23)7-10-25-19(16)20;14-10-13(11-4-2-1-3-5-11)12-6-8-15-9-7-12;10-5-1-2-11-6-4(3-12-7(5)6)8(13)9(14)15;1-4(2)3;2-1(3)4/h2-7,10,13,26H,8-9,11-12H2;1-5,15H,6-9H2;1-3,12H,(H,14,15);1H3;1H/q;;;+1;. The van der Waals surface area contributed by atoms with Crippen LogP contribution in [0.2, 0.25) is 10.0 Å². The van der Waals surface area contributed by atoms with Gasteiger partial charge < -0.3 is 25.3 Å². The number of nitrogens with one attached hydrogen (secondary N) is 3. The smallest absolute Gasteiger partial charge is 0.475 e. The van der Waals surface area contributed by atoms with Crippen molar-refractivity contribution in [1.29, 1.82) is 5.26 Å². The molecule has 0 saturated carbocycles. The number of alkyl halides is 3. The summed E-state index contributed by atoms with van der Waals surface area (Å²) in [4.78, 5) is 66.2. The highest BCUT2D eigenvalue weighted by Crippen LogP contribution is 2.30. The molecule has 2 radical (unpaired) electrons. The minimum Gasteiger partial charge on any atom is -0.475 e. The van der Waals surface area contributed by atoms with Gasteiger partial charge in [0, 0.05) is 37.9 Å². The Morgan fingerprint density at radius 3 is 1.67 bits per heavy atom. The zero-order valence-electron chi connectivity index (χ0n) is 35.6. The fourth-order valence-corrected chi connectivity index (χ4v) is 7.20. The number of aliphatic carboxylic acids is 1. The van der Waals surface area contributed by atoms with Crippen molar-refractivity contribution in [3.63, 3.8) is 0 Å². The summed E-state index contributed by atoms with van der Waals surface area (Å²) in [6.45, 7) is 11.8. The van der Waals surface area contributed by atoms with Crippen molar-refractivity contribution < 1.29 is 28.8 Å². The largest absolute Gasteiger partial charge is 0.502 e. The van der Waals surface area contributed by atoms with Gasteiger partial charge in [-0.2, -0.15) is 5.26 Å². The molecule has 1 atom stereocenters. The van der Waals surface area contributed by atoms with Crippen molar-refractivity contribution in [3.8, 4) is 6.07 Å². The van der Waals surface area contributed by atoms with Crippen molar-refractivity contribution >= 4 is 130 Å². The third kappa shape index (κ3) is 15.6. The Balaban J connectivity index is 0.000000217. The molecule has 6 heterocycles. The van der Waals surface area contributed by atoms with E-state index in [1.165, 1.54) is 37.0 Å². The summed E-state index contributed by atoms with van der Waals surface area (Å²) in [6.07, 6.45) is 8.83. The maximum absolute atomic E-state index is 12.8. The number of hydrogen-bond donors (Lipinski definition) is 4. The average molecular weight is 1020 g/mol. The van der Waals surface area contributed by atoms with Gasteiger partial charge in [0.1, 0.15) is 17.7 Å². The van der Waals surface area contributed by atoms with Crippen LogP contribution in [-0.4, -0.2) is 98.1 Å². The predicted molar refractivity (Wildman–Crippen MR) is 266 cm³/mol. The lowest BCUT2D eigenvalue weighted by Gasteiger charge is -2.28. The van der Waals surface area contributed by atoms with Crippen molar-refractivity contribution in [2.45, 2.75) is 30.0 Å². The molecule has 6 aromatic rings. The summed E-state index contributed by atoms with van der Waals surface area (Å²) in [5.41, 5.74) is 7.67. The first-order valence-corrected chi connectivity index (χ1v) is 23.9. The van der Waals surface area contributed by atoms with Gasteiger partial charge in [-0.05, 0) is 67.6 Å². The number of fused-ring (bicyclic) bond motifs is 2. The number of ketones is 2. The number of Topliss-reactive ketones (excluding diaryl/α,β-unsaturated/α-hetero) is 2. The van der Waals surface area contributed by atoms with Gasteiger partial charge in [-0.1, -0.05) is 124 Å². The number of likely N-dealkylation sites (tertiary alicyclic amines) is 1. The number of carboxylic acid groups (broad SMARTS) is 1. The molecule has 14 nitrogen and oxygen atoms in total. The van der Waals surface area contributed by atoms with E-state index in [0.717, 1.165) is 48.2 Å². The van der Waals surface area contributed by atoms with Crippen LogP contribution in [0.25, 0.3) is 38.2 Å². The van der Waals surface area contributed by atoms with Crippen LogP contribution in [0.3, 0.4) is 0 Å². The summed E-state index contributed by atoms with van der Waals surface area (Å²) in [7, 11) is 3.25. The fourth-order valence-electron chi connectivity index (χ4n) is 6.80. The average Bonchev–Trinajstić information content (AvgIpc) is 3.97. The van der Waals surface area contributed by atoms with Gasteiger partial charge in [-0.3, -0.25) is 24.4 Å². The number of halogens is 5. The Labute approximate surface area is 413 Å². The zero-order valence-corrected chi connectivity index (χ0v) is 40.3. The van der Waals surface area contributed by atoms with Gasteiger partial charge in [0.25, 0.3) is 25.2 Å². The van der Waals surface area contributed by atoms with Crippen LogP contribution in [0, 0.1) is 17.9 Å². The molecule has 0 bridgehead atoms. The third-order valence-corrected chi connectivity index (χ3v) is 10.4. The predicted octanol–water partition coefficient (Wildman–Crippen LogP) is 10.7.